The van der Waals surface area contributed by atoms with Crippen molar-refractivity contribution in [3.63, 3.8) is 0 Å². The van der Waals surface area contributed by atoms with Gasteiger partial charge in [-0.25, -0.2) is 0 Å². The lowest BCUT2D eigenvalue weighted by molar-refractivity contribution is -0.121. The van der Waals surface area contributed by atoms with Gasteiger partial charge in [-0.1, -0.05) is 17.7 Å². The van der Waals surface area contributed by atoms with E-state index in [0.29, 0.717) is 18.5 Å². The van der Waals surface area contributed by atoms with Crippen LogP contribution in [0.25, 0.3) is 10.9 Å². The molecule has 0 saturated carbocycles. The summed E-state index contributed by atoms with van der Waals surface area (Å²) in [4.78, 5) is 19.2. The fourth-order valence-corrected chi connectivity index (χ4v) is 5.63. The van der Waals surface area contributed by atoms with E-state index in [0.717, 1.165) is 18.5 Å². The van der Waals surface area contributed by atoms with Gasteiger partial charge in [0.1, 0.15) is 0 Å². The number of fused-ring (bicyclic) bond motifs is 6. The predicted molar refractivity (Wildman–Crippen MR) is 120 cm³/mol. The molecule has 3 aromatic rings. The van der Waals surface area contributed by atoms with Crippen LogP contribution in [0.5, 0.6) is 0 Å². The van der Waals surface area contributed by atoms with Gasteiger partial charge in [0.15, 0.2) is 0 Å². The van der Waals surface area contributed by atoms with Crippen LogP contribution in [0, 0.1) is 6.92 Å². The van der Waals surface area contributed by atoms with Crippen LogP contribution in [-0.4, -0.2) is 40.5 Å². The van der Waals surface area contributed by atoms with Crippen LogP contribution < -0.4 is 5.32 Å². The van der Waals surface area contributed by atoms with E-state index in [4.69, 9.17) is 0 Å². The van der Waals surface area contributed by atoms with Gasteiger partial charge in [-0.05, 0) is 56.1 Å². The van der Waals surface area contributed by atoms with E-state index in [1.54, 1.807) is 13.2 Å². The average Bonchev–Trinajstić information content (AvgIpc) is 3.17. The number of carbonyl (C=O) groups excluding carboxylic acids is 1. The Balaban J connectivity index is 1.63. The van der Waals surface area contributed by atoms with Crippen LogP contribution >= 0.6 is 0 Å². The molecular weight excluding hydrogens is 372 g/mol. The number of rotatable bonds is 5. The van der Waals surface area contributed by atoms with Gasteiger partial charge in [-0.15, -0.1) is 0 Å². The Kier molecular flexibility index (Phi) is 4.86. The molecule has 1 aromatic carbocycles. The summed E-state index contributed by atoms with van der Waals surface area (Å²) in [7, 11) is 4.00. The molecule has 0 aliphatic carbocycles. The number of hydrogen-bond acceptors (Lipinski definition) is 3. The van der Waals surface area contributed by atoms with E-state index < -0.39 is 0 Å². The second-order valence-electron chi connectivity index (χ2n) is 8.97. The van der Waals surface area contributed by atoms with Crippen molar-refractivity contribution in [2.24, 2.45) is 0 Å². The molecule has 2 bridgehead atoms. The first-order chi connectivity index (χ1) is 14.6. The zero-order valence-corrected chi connectivity index (χ0v) is 18.1. The lowest BCUT2D eigenvalue weighted by Gasteiger charge is -2.33. The van der Waals surface area contributed by atoms with E-state index in [9.17, 15) is 4.79 Å². The number of carbonyl (C=O) groups is 1. The Labute approximate surface area is 178 Å². The minimum Gasteiger partial charge on any atom is -0.359 e. The van der Waals surface area contributed by atoms with E-state index in [1.165, 1.54) is 40.6 Å². The third-order valence-electron chi connectivity index (χ3n) is 7.24. The Bertz CT molecular complexity index is 1090. The van der Waals surface area contributed by atoms with Gasteiger partial charge in [-0.2, -0.15) is 0 Å². The normalized spacial score (nSPS) is 21.6. The molecule has 1 saturated heterocycles. The summed E-state index contributed by atoms with van der Waals surface area (Å²) in [5, 5.41) is 4.20. The van der Waals surface area contributed by atoms with Crippen molar-refractivity contribution >= 4 is 16.8 Å². The van der Waals surface area contributed by atoms with E-state index in [1.807, 2.05) is 12.3 Å². The minimum absolute atomic E-state index is 0.0739. The fourth-order valence-electron chi connectivity index (χ4n) is 5.63. The van der Waals surface area contributed by atoms with Crippen molar-refractivity contribution in [2.45, 2.75) is 57.2 Å². The van der Waals surface area contributed by atoms with Crippen molar-refractivity contribution in [3.8, 4) is 0 Å². The molecule has 2 aliphatic heterocycles. The third-order valence-corrected chi connectivity index (χ3v) is 7.24. The summed E-state index contributed by atoms with van der Waals surface area (Å²) in [6.07, 6.45) is 7.78. The molecule has 1 N–H and O–H groups in total. The van der Waals surface area contributed by atoms with Crippen LogP contribution in [0.2, 0.25) is 0 Å². The van der Waals surface area contributed by atoms with Gasteiger partial charge in [0, 0.05) is 73.4 Å². The molecule has 3 atom stereocenters. The Hall–Kier alpha value is -2.66. The van der Waals surface area contributed by atoms with Crippen LogP contribution in [0.4, 0.5) is 0 Å². The Morgan fingerprint density at radius 3 is 2.93 bits per heavy atom. The summed E-state index contributed by atoms with van der Waals surface area (Å²) in [6, 6.07) is 12.0. The maximum Gasteiger partial charge on any atom is 0.220 e. The van der Waals surface area contributed by atoms with Crippen molar-refractivity contribution < 1.29 is 4.79 Å². The summed E-state index contributed by atoms with van der Waals surface area (Å²) in [5.74, 6) is 0.168. The van der Waals surface area contributed by atoms with Gasteiger partial charge >= 0.3 is 0 Å². The first kappa shape index (κ1) is 19.3. The largest absolute Gasteiger partial charge is 0.359 e. The molecular formula is C25H30N4O. The van der Waals surface area contributed by atoms with Gasteiger partial charge in [0.05, 0.1) is 0 Å². The Morgan fingerprint density at radius 1 is 1.30 bits per heavy atom. The molecule has 30 heavy (non-hydrogen) atoms. The smallest absolute Gasteiger partial charge is 0.220 e. The van der Waals surface area contributed by atoms with Crippen LogP contribution in [0.1, 0.15) is 53.6 Å². The number of pyridine rings is 1. The SMILES string of the molecule is CNC(=O)CC(Cn1c2c(c3cc(C)ccc31)C1CCC(C2)N1C)c1cccnc1. The number of aryl methyl sites for hydroxylation is 1. The maximum absolute atomic E-state index is 12.3. The highest BCUT2D eigenvalue weighted by Gasteiger charge is 2.41. The molecule has 1 fully saturated rings. The van der Waals surface area contributed by atoms with Crippen molar-refractivity contribution in [3.05, 3.63) is 65.1 Å². The summed E-state index contributed by atoms with van der Waals surface area (Å²) in [5.41, 5.74) is 6.73. The first-order valence-electron chi connectivity index (χ1n) is 11.0. The second kappa shape index (κ2) is 7.55. The van der Waals surface area contributed by atoms with Crippen molar-refractivity contribution in [1.29, 1.82) is 0 Å². The topological polar surface area (TPSA) is 50.2 Å². The number of aromatic nitrogens is 2. The quantitative estimate of drug-likeness (QED) is 0.703. The van der Waals surface area contributed by atoms with Crippen LogP contribution in [-0.2, 0) is 17.8 Å². The molecule has 4 heterocycles. The molecule has 2 aromatic heterocycles. The highest BCUT2D eigenvalue weighted by atomic mass is 16.1. The van der Waals surface area contributed by atoms with Gasteiger partial charge < -0.3 is 9.88 Å². The maximum atomic E-state index is 12.3. The summed E-state index contributed by atoms with van der Waals surface area (Å²) < 4.78 is 2.52. The molecule has 5 rings (SSSR count). The van der Waals surface area contributed by atoms with Gasteiger partial charge in [0.25, 0.3) is 0 Å². The van der Waals surface area contributed by atoms with E-state index in [2.05, 4.69) is 58.0 Å². The molecule has 5 heteroatoms. The number of hydrogen-bond donors (Lipinski definition) is 1. The number of benzene rings is 1. The van der Waals surface area contributed by atoms with E-state index in [-0.39, 0.29) is 11.8 Å². The van der Waals surface area contributed by atoms with Crippen LogP contribution in [0.15, 0.2) is 42.7 Å². The second-order valence-corrected chi connectivity index (χ2v) is 8.97. The summed E-state index contributed by atoms with van der Waals surface area (Å²) in [6.45, 7) is 2.98. The number of nitrogens with one attached hydrogen (secondary N) is 1. The first-order valence-corrected chi connectivity index (χ1v) is 11.0. The lowest BCUT2D eigenvalue weighted by Crippen LogP contribution is -2.35. The van der Waals surface area contributed by atoms with Gasteiger partial charge in [0.2, 0.25) is 5.91 Å². The molecule has 5 nitrogen and oxygen atoms in total. The minimum atomic E-state index is 0.0739. The van der Waals surface area contributed by atoms with Crippen molar-refractivity contribution in [2.75, 3.05) is 14.1 Å². The molecule has 3 unspecified atom stereocenters. The standard InChI is InChI=1S/C25H30N4O/c1-16-6-8-21-20(11-16)25-22-9-7-19(28(22)3)13-23(25)29(21)15-18(12-24(30)26-2)17-5-4-10-27-14-17/h4-6,8,10-11,14,18-19,22H,7,9,12-13,15H2,1-3H3,(H,26,30). The van der Waals surface area contributed by atoms with Crippen LogP contribution in [0.3, 0.4) is 0 Å². The summed E-state index contributed by atoms with van der Waals surface area (Å²) >= 11 is 0. The number of nitrogens with zero attached hydrogens (tertiary/aromatic N) is 3. The monoisotopic (exact) mass is 402 g/mol. The molecule has 0 radical (unpaired) electrons. The molecule has 2 aliphatic rings. The average molecular weight is 403 g/mol. The zero-order chi connectivity index (χ0) is 20.8. The van der Waals surface area contributed by atoms with Crippen molar-refractivity contribution in [1.82, 2.24) is 19.8 Å². The third kappa shape index (κ3) is 3.12. The molecule has 1 amide bonds. The number of likely N-dealkylation sites (N-methyl/N-ethyl adjacent to an activating group) is 1. The highest BCUT2D eigenvalue weighted by molar-refractivity contribution is 5.87. The number of amides is 1. The fraction of sp³-hybridized carbons (Fsp3) is 0.440. The lowest BCUT2D eigenvalue weighted by atomic mass is 9.95. The Morgan fingerprint density at radius 2 is 2.17 bits per heavy atom. The molecule has 0 spiro atoms. The predicted octanol–water partition coefficient (Wildman–Crippen LogP) is 3.96. The van der Waals surface area contributed by atoms with E-state index >= 15 is 0 Å². The molecule has 156 valence electrons. The highest BCUT2D eigenvalue weighted by Crippen LogP contribution is 2.47. The van der Waals surface area contributed by atoms with Gasteiger partial charge in [-0.3, -0.25) is 14.7 Å². The zero-order valence-electron chi connectivity index (χ0n) is 18.1.